The molecule has 0 unspecified atom stereocenters. The van der Waals surface area contributed by atoms with Crippen LogP contribution < -0.4 is 9.47 Å². The highest BCUT2D eigenvalue weighted by Crippen LogP contribution is 2.35. The lowest BCUT2D eigenvalue weighted by Gasteiger charge is -2.12. The average Bonchev–Trinajstić information content (AvgIpc) is 2.81. The molecule has 0 bridgehead atoms. The van der Waals surface area contributed by atoms with Crippen LogP contribution in [0.5, 0.6) is 11.5 Å². The number of carbonyl (C=O) groups is 1. The van der Waals surface area contributed by atoms with Gasteiger partial charge in [-0.3, -0.25) is 4.79 Å². The Balaban J connectivity index is 2.28. The summed E-state index contributed by atoms with van der Waals surface area (Å²) in [6.45, 7) is 0.273. The zero-order valence-electron chi connectivity index (χ0n) is 9.98. The van der Waals surface area contributed by atoms with E-state index in [1.165, 1.54) is 24.5 Å². The lowest BCUT2D eigenvalue weighted by atomic mass is 10.2. The highest BCUT2D eigenvalue weighted by molar-refractivity contribution is 7.10. The van der Waals surface area contributed by atoms with Crippen molar-refractivity contribution >= 4 is 40.8 Å². The Hall–Kier alpha value is -1.23. The van der Waals surface area contributed by atoms with Crippen LogP contribution in [-0.4, -0.2) is 13.4 Å². The number of aldehydes is 1. The Morgan fingerprint density at radius 2 is 2.16 bits per heavy atom. The fourth-order valence-electron chi connectivity index (χ4n) is 1.55. The van der Waals surface area contributed by atoms with Gasteiger partial charge >= 0.3 is 0 Å². The molecule has 2 rings (SSSR count). The van der Waals surface area contributed by atoms with Gasteiger partial charge in [0, 0.05) is 11.1 Å². The normalized spacial score (nSPS) is 10.3. The molecule has 0 aliphatic rings. The Bertz CT molecular complexity index is 596. The van der Waals surface area contributed by atoms with Gasteiger partial charge in [-0.15, -0.1) is 11.3 Å². The van der Waals surface area contributed by atoms with Gasteiger partial charge in [0.1, 0.15) is 6.61 Å². The van der Waals surface area contributed by atoms with Crippen LogP contribution in [0.1, 0.15) is 15.2 Å². The van der Waals surface area contributed by atoms with E-state index in [9.17, 15) is 4.79 Å². The van der Waals surface area contributed by atoms with Gasteiger partial charge in [-0.25, -0.2) is 0 Å². The second-order valence-electron chi connectivity index (χ2n) is 3.62. The Morgan fingerprint density at radius 1 is 1.37 bits per heavy atom. The summed E-state index contributed by atoms with van der Waals surface area (Å²) in [6.07, 6.45) is 0.680. The number of ether oxygens (including phenoxy) is 2. The topological polar surface area (TPSA) is 35.5 Å². The highest BCUT2D eigenvalue weighted by Gasteiger charge is 2.13. The molecule has 1 aromatic heterocycles. The molecule has 0 radical (unpaired) electrons. The summed E-state index contributed by atoms with van der Waals surface area (Å²) in [5.41, 5.74) is 0.344. The largest absolute Gasteiger partial charge is 0.493 e. The number of halogens is 2. The number of hydrogen-bond donors (Lipinski definition) is 0. The van der Waals surface area contributed by atoms with Gasteiger partial charge in [0.2, 0.25) is 0 Å². The molecule has 3 nitrogen and oxygen atoms in total. The van der Waals surface area contributed by atoms with Gasteiger partial charge < -0.3 is 9.47 Å². The van der Waals surface area contributed by atoms with E-state index >= 15 is 0 Å². The summed E-state index contributed by atoms with van der Waals surface area (Å²) in [7, 11) is 1.49. The number of hydrogen-bond acceptors (Lipinski definition) is 4. The molecule has 0 N–H and O–H groups in total. The summed E-state index contributed by atoms with van der Waals surface area (Å²) in [5, 5.41) is 2.94. The quantitative estimate of drug-likeness (QED) is 0.764. The third-order valence-electron chi connectivity index (χ3n) is 2.43. The molecule has 0 atom stereocenters. The van der Waals surface area contributed by atoms with Gasteiger partial charge in [0.15, 0.2) is 17.8 Å². The molecule has 0 fully saturated rings. The van der Waals surface area contributed by atoms with Crippen molar-refractivity contribution in [1.29, 1.82) is 0 Å². The first-order valence-corrected chi connectivity index (χ1v) is 6.96. The van der Waals surface area contributed by atoms with Gasteiger partial charge in [-0.2, -0.15) is 0 Å². The minimum absolute atomic E-state index is 0.273. The van der Waals surface area contributed by atoms with Crippen LogP contribution in [0.15, 0.2) is 23.6 Å². The maximum absolute atomic E-state index is 11.1. The van der Waals surface area contributed by atoms with Crippen molar-refractivity contribution in [1.82, 2.24) is 0 Å². The van der Waals surface area contributed by atoms with Crippen LogP contribution in [0.4, 0.5) is 0 Å². The summed E-state index contributed by atoms with van der Waals surface area (Å²) in [6, 6.07) is 4.92. The molecule has 0 spiro atoms. The molecule has 2 aromatic rings. The molecule has 0 saturated carbocycles. The van der Waals surface area contributed by atoms with E-state index in [-0.39, 0.29) is 6.61 Å². The molecule has 0 aliphatic carbocycles. The monoisotopic (exact) mass is 316 g/mol. The summed E-state index contributed by atoms with van der Waals surface area (Å²) >= 11 is 13.4. The maximum atomic E-state index is 11.1. The minimum Gasteiger partial charge on any atom is -0.493 e. The van der Waals surface area contributed by atoms with Crippen molar-refractivity contribution < 1.29 is 14.3 Å². The first-order valence-electron chi connectivity index (χ1n) is 5.33. The van der Waals surface area contributed by atoms with E-state index in [0.29, 0.717) is 33.4 Å². The average molecular weight is 317 g/mol. The second kappa shape index (κ2) is 6.28. The lowest BCUT2D eigenvalue weighted by molar-refractivity contribution is 0.111. The van der Waals surface area contributed by atoms with E-state index in [4.69, 9.17) is 32.7 Å². The molecule has 6 heteroatoms. The fourth-order valence-corrected chi connectivity index (χ4v) is 2.77. The molecule has 0 saturated heterocycles. The van der Waals surface area contributed by atoms with Gasteiger partial charge in [0.25, 0.3) is 0 Å². The van der Waals surface area contributed by atoms with Crippen molar-refractivity contribution in [3.05, 3.63) is 44.1 Å². The third-order valence-corrected chi connectivity index (χ3v) is 4.01. The second-order valence-corrected chi connectivity index (χ2v) is 5.47. The van der Waals surface area contributed by atoms with Crippen molar-refractivity contribution in [2.45, 2.75) is 6.61 Å². The van der Waals surface area contributed by atoms with E-state index in [1.54, 1.807) is 12.1 Å². The highest BCUT2D eigenvalue weighted by atomic mass is 35.5. The standard InChI is InChI=1S/C13H10Cl2O3S/c1-17-11-5-9(14)4-8(6-16)13(11)18-7-12-10(15)2-3-19-12/h2-6H,7H2,1H3. The number of methoxy groups -OCH3 is 1. The SMILES string of the molecule is COc1cc(Cl)cc(C=O)c1OCc1sccc1Cl. The zero-order chi connectivity index (χ0) is 13.8. The van der Waals surface area contributed by atoms with Crippen molar-refractivity contribution in [2.24, 2.45) is 0 Å². The smallest absolute Gasteiger partial charge is 0.172 e. The number of thiophene rings is 1. The summed E-state index contributed by atoms with van der Waals surface area (Å²) < 4.78 is 10.8. The maximum Gasteiger partial charge on any atom is 0.172 e. The van der Waals surface area contributed by atoms with Gasteiger partial charge in [-0.05, 0) is 17.5 Å². The number of rotatable bonds is 5. The van der Waals surface area contributed by atoms with E-state index in [0.717, 1.165) is 4.88 Å². The number of carbonyl (C=O) groups excluding carboxylic acids is 1. The zero-order valence-corrected chi connectivity index (χ0v) is 12.3. The predicted molar refractivity (Wildman–Crippen MR) is 77.1 cm³/mol. The third kappa shape index (κ3) is 3.21. The van der Waals surface area contributed by atoms with Crippen molar-refractivity contribution in [3.63, 3.8) is 0 Å². The Kier molecular flexibility index (Phi) is 4.69. The van der Waals surface area contributed by atoms with Crippen LogP contribution in [0.3, 0.4) is 0 Å². The van der Waals surface area contributed by atoms with Crippen molar-refractivity contribution in [3.8, 4) is 11.5 Å². The van der Waals surface area contributed by atoms with Crippen molar-refractivity contribution in [2.75, 3.05) is 7.11 Å². The number of benzene rings is 1. The molecular weight excluding hydrogens is 307 g/mol. The molecule has 19 heavy (non-hydrogen) atoms. The van der Waals surface area contributed by atoms with Crippen LogP contribution in [0, 0.1) is 0 Å². The van der Waals surface area contributed by atoms with Crippen LogP contribution in [-0.2, 0) is 6.61 Å². The molecule has 100 valence electrons. The first-order chi connectivity index (χ1) is 9.15. The van der Waals surface area contributed by atoms with Gasteiger partial charge in [-0.1, -0.05) is 23.2 Å². The first kappa shape index (κ1) is 14.2. The predicted octanol–water partition coefficient (Wildman–Crippen LogP) is 4.46. The molecular formula is C13H10Cl2O3S. The van der Waals surface area contributed by atoms with E-state index in [1.807, 2.05) is 5.38 Å². The molecule has 0 amide bonds. The lowest BCUT2D eigenvalue weighted by Crippen LogP contribution is -2.00. The Labute approximate surface area is 124 Å². The minimum atomic E-state index is 0.273. The van der Waals surface area contributed by atoms with Crippen LogP contribution >= 0.6 is 34.5 Å². The van der Waals surface area contributed by atoms with E-state index < -0.39 is 0 Å². The Morgan fingerprint density at radius 3 is 2.74 bits per heavy atom. The summed E-state index contributed by atoms with van der Waals surface area (Å²) in [5.74, 6) is 0.786. The van der Waals surface area contributed by atoms with E-state index in [2.05, 4.69) is 0 Å². The van der Waals surface area contributed by atoms with Gasteiger partial charge in [0.05, 0.1) is 22.6 Å². The molecule has 1 heterocycles. The molecule has 0 aliphatic heterocycles. The fraction of sp³-hybridized carbons (Fsp3) is 0.154. The van der Waals surface area contributed by atoms with Crippen LogP contribution in [0.2, 0.25) is 10.0 Å². The molecule has 1 aromatic carbocycles. The summed E-state index contributed by atoms with van der Waals surface area (Å²) in [4.78, 5) is 11.9. The van der Waals surface area contributed by atoms with Crippen LogP contribution in [0.25, 0.3) is 0 Å².